The highest BCUT2D eigenvalue weighted by Crippen LogP contribution is 2.21. The standard InChI is InChI=1S/C12H17N3OS/c1-9-3-4-10(16-9)5-6-15(2)12-14-8-11(7-13)17-12/h3-4,8H,5-7,13H2,1-2H3. The van der Waals surface area contributed by atoms with Crippen LogP contribution in [0.2, 0.25) is 0 Å². The van der Waals surface area contributed by atoms with E-state index in [0.29, 0.717) is 6.54 Å². The van der Waals surface area contributed by atoms with Crippen molar-refractivity contribution in [2.24, 2.45) is 5.73 Å². The molecule has 0 saturated carbocycles. The molecule has 0 amide bonds. The van der Waals surface area contributed by atoms with Crippen molar-refractivity contribution in [2.75, 3.05) is 18.5 Å². The van der Waals surface area contributed by atoms with Gasteiger partial charge in [-0.15, -0.1) is 11.3 Å². The molecule has 0 bridgehead atoms. The minimum absolute atomic E-state index is 0.558. The first-order valence-electron chi connectivity index (χ1n) is 5.60. The molecular weight excluding hydrogens is 234 g/mol. The van der Waals surface area contributed by atoms with Crippen LogP contribution in [0.3, 0.4) is 0 Å². The summed E-state index contributed by atoms with van der Waals surface area (Å²) in [5, 5.41) is 1.01. The number of nitrogens with two attached hydrogens (primary N) is 1. The molecule has 0 aliphatic heterocycles. The zero-order valence-corrected chi connectivity index (χ0v) is 11.0. The lowest BCUT2D eigenvalue weighted by atomic mass is 10.3. The molecule has 0 aliphatic rings. The fourth-order valence-corrected chi connectivity index (χ4v) is 2.34. The third kappa shape index (κ3) is 3.08. The number of thiazole rings is 1. The van der Waals surface area contributed by atoms with E-state index in [9.17, 15) is 0 Å². The Labute approximate surface area is 105 Å². The van der Waals surface area contributed by atoms with Crippen LogP contribution in [0.25, 0.3) is 0 Å². The van der Waals surface area contributed by atoms with Gasteiger partial charge in [-0.05, 0) is 19.1 Å². The predicted molar refractivity (Wildman–Crippen MR) is 70.4 cm³/mol. The lowest BCUT2D eigenvalue weighted by Crippen LogP contribution is -2.19. The lowest BCUT2D eigenvalue weighted by Gasteiger charge is -2.14. The Morgan fingerprint density at radius 2 is 2.29 bits per heavy atom. The Bertz CT molecular complexity index is 478. The molecular formula is C12H17N3OS. The summed E-state index contributed by atoms with van der Waals surface area (Å²) in [7, 11) is 2.04. The first kappa shape index (κ1) is 12.1. The van der Waals surface area contributed by atoms with Gasteiger partial charge in [-0.2, -0.15) is 0 Å². The number of hydrogen-bond acceptors (Lipinski definition) is 5. The molecule has 0 spiro atoms. The second kappa shape index (κ2) is 5.33. The van der Waals surface area contributed by atoms with Crippen LogP contribution in [0.15, 0.2) is 22.7 Å². The van der Waals surface area contributed by atoms with Crippen LogP contribution in [0, 0.1) is 6.92 Å². The first-order chi connectivity index (χ1) is 8.19. The molecule has 0 aliphatic carbocycles. The van der Waals surface area contributed by atoms with Crippen molar-refractivity contribution in [3.63, 3.8) is 0 Å². The maximum Gasteiger partial charge on any atom is 0.185 e. The van der Waals surface area contributed by atoms with E-state index in [2.05, 4.69) is 9.88 Å². The van der Waals surface area contributed by atoms with Crippen molar-refractivity contribution >= 4 is 16.5 Å². The molecule has 0 aromatic carbocycles. The molecule has 5 heteroatoms. The SMILES string of the molecule is Cc1ccc(CCN(C)c2ncc(CN)s2)o1. The number of likely N-dealkylation sites (N-methyl/N-ethyl adjacent to an activating group) is 1. The largest absolute Gasteiger partial charge is 0.466 e. The fourth-order valence-electron chi connectivity index (χ4n) is 1.56. The zero-order chi connectivity index (χ0) is 12.3. The maximum atomic E-state index is 5.57. The van der Waals surface area contributed by atoms with Gasteiger partial charge in [0.05, 0.1) is 0 Å². The highest BCUT2D eigenvalue weighted by atomic mass is 32.1. The van der Waals surface area contributed by atoms with Crippen LogP contribution in [0.1, 0.15) is 16.4 Å². The van der Waals surface area contributed by atoms with Crippen molar-refractivity contribution in [3.8, 4) is 0 Å². The van der Waals surface area contributed by atoms with Gasteiger partial charge in [-0.1, -0.05) is 0 Å². The molecule has 0 fully saturated rings. The van der Waals surface area contributed by atoms with Crippen molar-refractivity contribution in [3.05, 3.63) is 34.7 Å². The minimum atomic E-state index is 0.558. The second-order valence-electron chi connectivity index (χ2n) is 4.00. The number of nitrogens with zero attached hydrogens (tertiary/aromatic N) is 2. The molecule has 0 saturated heterocycles. The van der Waals surface area contributed by atoms with Gasteiger partial charge in [0.2, 0.25) is 0 Å². The number of hydrogen-bond donors (Lipinski definition) is 1. The van der Waals surface area contributed by atoms with Crippen LogP contribution >= 0.6 is 11.3 Å². The monoisotopic (exact) mass is 251 g/mol. The molecule has 17 heavy (non-hydrogen) atoms. The Morgan fingerprint density at radius 1 is 1.47 bits per heavy atom. The van der Waals surface area contributed by atoms with E-state index in [4.69, 9.17) is 10.2 Å². The predicted octanol–water partition coefficient (Wildman–Crippen LogP) is 2.18. The van der Waals surface area contributed by atoms with Gasteiger partial charge in [0.15, 0.2) is 5.13 Å². The third-order valence-electron chi connectivity index (χ3n) is 2.56. The van der Waals surface area contributed by atoms with E-state index < -0.39 is 0 Å². The fraction of sp³-hybridized carbons (Fsp3) is 0.417. The van der Waals surface area contributed by atoms with Crippen molar-refractivity contribution in [1.29, 1.82) is 0 Å². The Hall–Kier alpha value is -1.33. The lowest BCUT2D eigenvalue weighted by molar-refractivity contribution is 0.483. The molecule has 2 heterocycles. The average molecular weight is 251 g/mol. The summed E-state index contributed by atoms with van der Waals surface area (Å²) in [5.74, 6) is 1.98. The van der Waals surface area contributed by atoms with Crippen LogP contribution in [-0.2, 0) is 13.0 Å². The quantitative estimate of drug-likeness (QED) is 0.885. The van der Waals surface area contributed by atoms with E-state index in [0.717, 1.165) is 34.5 Å². The molecule has 2 N–H and O–H groups in total. The number of aromatic nitrogens is 1. The summed E-state index contributed by atoms with van der Waals surface area (Å²) in [6.07, 6.45) is 2.73. The molecule has 2 rings (SSSR count). The van der Waals surface area contributed by atoms with Gasteiger partial charge in [0.1, 0.15) is 11.5 Å². The van der Waals surface area contributed by atoms with E-state index in [-0.39, 0.29) is 0 Å². The van der Waals surface area contributed by atoms with Gasteiger partial charge < -0.3 is 15.1 Å². The van der Waals surface area contributed by atoms with Gasteiger partial charge in [-0.25, -0.2) is 4.98 Å². The van der Waals surface area contributed by atoms with Gasteiger partial charge in [0.25, 0.3) is 0 Å². The summed E-state index contributed by atoms with van der Waals surface area (Å²) >= 11 is 1.64. The van der Waals surface area contributed by atoms with Gasteiger partial charge in [0, 0.05) is 37.6 Å². The Morgan fingerprint density at radius 3 is 2.88 bits per heavy atom. The van der Waals surface area contributed by atoms with Crippen molar-refractivity contribution < 1.29 is 4.42 Å². The van der Waals surface area contributed by atoms with Crippen molar-refractivity contribution in [2.45, 2.75) is 19.9 Å². The molecule has 2 aromatic rings. The minimum Gasteiger partial charge on any atom is -0.466 e. The molecule has 4 nitrogen and oxygen atoms in total. The van der Waals surface area contributed by atoms with E-state index in [1.165, 1.54) is 0 Å². The van der Waals surface area contributed by atoms with E-state index in [1.54, 1.807) is 11.3 Å². The number of anilines is 1. The highest BCUT2D eigenvalue weighted by molar-refractivity contribution is 7.15. The summed E-state index contributed by atoms with van der Waals surface area (Å²) in [6.45, 7) is 3.41. The third-order valence-corrected chi connectivity index (χ3v) is 3.69. The van der Waals surface area contributed by atoms with Crippen LogP contribution in [0.5, 0.6) is 0 Å². The first-order valence-corrected chi connectivity index (χ1v) is 6.42. The smallest absolute Gasteiger partial charge is 0.185 e. The average Bonchev–Trinajstić information content (AvgIpc) is 2.94. The molecule has 0 atom stereocenters. The number of rotatable bonds is 5. The van der Waals surface area contributed by atoms with Crippen LogP contribution < -0.4 is 10.6 Å². The van der Waals surface area contributed by atoms with E-state index >= 15 is 0 Å². The number of furan rings is 1. The van der Waals surface area contributed by atoms with Crippen LogP contribution in [0.4, 0.5) is 5.13 Å². The summed E-state index contributed by atoms with van der Waals surface area (Å²) < 4.78 is 5.53. The topological polar surface area (TPSA) is 55.3 Å². The summed E-state index contributed by atoms with van der Waals surface area (Å²) in [5.41, 5.74) is 5.57. The van der Waals surface area contributed by atoms with Gasteiger partial charge >= 0.3 is 0 Å². The maximum absolute atomic E-state index is 5.57. The Kier molecular flexibility index (Phi) is 3.81. The van der Waals surface area contributed by atoms with Crippen molar-refractivity contribution in [1.82, 2.24) is 4.98 Å². The highest BCUT2D eigenvalue weighted by Gasteiger charge is 2.07. The zero-order valence-electron chi connectivity index (χ0n) is 10.1. The normalized spacial score (nSPS) is 10.8. The molecule has 0 radical (unpaired) electrons. The Balaban J connectivity index is 1.90. The summed E-state index contributed by atoms with van der Waals surface area (Å²) in [4.78, 5) is 7.58. The summed E-state index contributed by atoms with van der Waals surface area (Å²) in [6, 6.07) is 4.02. The van der Waals surface area contributed by atoms with Gasteiger partial charge in [-0.3, -0.25) is 0 Å². The second-order valence-corrected chi connectivity index (χ2v) is 5.09. The van der Waals surface area contributed by atoms with Crippen LogP contribution in [-0.4, -0.2) is 18.6 Å². The molecule has 92 valence electrons. The molecule has 2 aromatic heterocycles. The van der Waals surface area contributed by atoms with E-state index in [1.807, 2.05) is 32.3 Å². The number of aryl methyl sites for hydroxylation is 1. The molecule has 0 unspecified atom stereocenters.